The van der Waals surface area contributed by atoms with Crippen LogP contribution >= 0.6 is 15.6 Å². The van der Waals surface area contributed by atoms with E-state index in [4.69, 9.17) is 37.0 Å². The molecule has 108 heavy (non-hydrogen) atoms. The maximum Gasteiger partial charge on any atom is 0.472 e. The van der Waals surface area contributed by atoms with E-state index in [9.17, 15) is 43.2 Å². The molecule has 0 spiro atoms. The van der Waals surface area contributed by atoms with Crippen LogP contribution in [0, 0.1) is 0 Å². The number of aliphatic hydroxyl groups is 1. The molecule has 0 saturated heterocycles. The molecule has 19 heteroatoms. The van der Waals surface area contributed by atoms with Crippen molar-refractivity contribution in [3.05, 3.63) is 134 Å². The van der Waals surface area contributed by atoms with Gasteiger partial charge >= 0.3 is 39.5 Å². The lowest BCUT2D eigenvalue weighted by Crippen LogP contribution is -2.30. The van der Waals surface area contributed by atoms with Crippen molar-refractivity contribution in [3.63, 3.8) is 0 Å². The molecule has 5 atom stereocenters. The average molecular weight is 1560 g/mol. The Morgan fingerprint density at radius 2 is 0.481 bits per heavy atom. The van der Waals surface area contributed by atoms with E-state index in [1.165, 1.54) is 83.5 Å². The van der Waals surface area contributed by atoms with Crippen molar-refractivity contribution >= 4 is 39.5 Å². The molecule has 620 valence electrons. The van der Waals surface area contributed by atoms with Gasteiger partial charge in [-0.25, -0.2) is 9.13 Å². The van der Waals surface area contributed by atoms with Gasteiger partial charge in [-0.05, 0) is 141 Å². The van der Waals surface area contributed by atoms with Crippen LogP contribution in [0.4, 0.5) is 0 Å². The summed E-state index contributed by atoms with van der Waals surface area (Å²) in [7, 11) is -9.99. The van der Waals surface area contributed by atoms with Crippen LogP contribution < -0.4 is 0 Å². The molecule has 0 rings (SSSR count). The van der Waals surface area contributed by atoms with E-state index in [2.05, 4.69) is 161 Å². The van der Waals surface area contributed by atoms with E-state index >= 15 is 0 Å². The van der Waals surface area contributed by atoms with Gasteiger partial charge in [-0.3, -0.25) is 37.3 Å². The molecule has 0 aliphatic heterocycles. The largest absolute Gasteiger partial charge is 0.472 e. The molecule has 0 saturated carbocycles. The van der Waals surface area contributed by atoms with Gasteiger partial charge < -0.3 is 33.8 Å². The molecule has 3 N–H and O–H groups in total. The normalized spacial score (nSPS) is 14.5. The number of aliphatic hydroxyl groups excluding tert-OH is 1. The summed E-state index contributed by atoms with van der Waals surface area (Å²) < 4.78 is 68.8. The van der Waals surface area contributed by atoms with E-state index in [-0.39, 0.29) is 25.7 Å². The molecule has 0 aromatic heterocycles. The lowest BCUT2D eigenvalue weighted by Gasteiger charge is -2.21. The van der Waals surface area contributed by atoms with E-state index in [1.807, 2.05) is 0 Å². The van der Waals surface area contributed by atoms with Gasteiger partial charge in [0.15, 0.2) is 12.2 Å². The van der Waals surface area contributed by atoms with Gasteiger partial charge in [0.2, 0.25) is 0 Å². The summed E-state index contributed by atoms with van der Waals surface area (Å²) in [6, 6.07) is 0. The fourth-order valence-electron chi connectivity index (χ4n) is 11.2. The Balaban J connectivity index is 5.42. The van der Waals surface area contributed by atoms with E-state index in [0.717, 1.165) is 186 Å². The summed E-state index contributed by atoms with van der Waals surface area (Å²) in [5.41, 5.74) is 0. The summed E-state index contributed by atoms with van der Waals surface area (Å²) >= 11 is 0. The molecular weight excluding hydrogens is 1400 g/mol. The number of phosphoric acid groups is 2. The minimum Gasteiger partial charge on any atom is -0.462 e. The number of allylic oxidation sites excluding steroid dienone is 22. The predicted octanol–water partition coefficient (Wildman–Crippen LogP) is 25.2. The molecule has 0 radical (unpaired) electrons. The summed E-state index contributed by atoms with van der Waals surface area (Å²) in [5.74, 6) is -2.23. The third-order valence-electron chi connectivity index (χ3n) is 17.6. The Morgan fingerprint density at radius 3 is 0.759 bits per heavy atom. The van der Waals surface area contributed by atoms with Crippen LogP contribution in [0.2, 0.25) is 0 Å². The minimum absolute atomic E-state index is 0.0582. The second-order valence-corrected chi connectivity index (χ2v) is 30.9. The Hall–Kier alpha value is -4.80. The maximum atomic E-state index is 13.1. The highest BCUT2D eigenvalue weighted by Gasteiger charge is 2.30. The number of ether oxygens (including phenoxy) is 4. The van der Waals surface area contributed by atoms with Gasteiger partial charge in [-0.1, -0.05) is 315 Å². The second kappa shape index (κ2) is 80.3. The number of hydrogen-bond acceptors (Lipinski definition) is 15. The number of rotatable bonds is 79. The number of esters is 4. The molecule has 0 amide bonds. The molecule has 17 nitrogen and oxygen atoms in total. The van der Waals surface area contributed by atoms with Gasteiger partial charge in [0, 0.05) is 25.7 Å². The minimum atomic E-state index is -5.00. The van der Waals surface area contributed by atoms with E-state index in [1.54, 1.807) is 0 Å². The standard InChI is InChI=1S/C89H152O17P2/c1-5-9-13-17-21-25-29-33-37-40-41-44-47-50-54-58-62-66-70-74-87(92)100-79-84(105-88(93)75-71-67-63-59-55-51-45-36-32-28-24-20-16-12-8-4)81-103-107(95,96)101-77-83(90)78-102-108(97,98)104-82-85(106-89(94)76-72-68-64-60-56-52-48-43-39-35-31-27-23-19-15-11-7-3)80-99-86(91)73-69-65-61-57-53-49-46-42-38-34-30-26-22-18-14-10-6-2/h10-11,14-15,21-23,25-27,33-35,37-39,41,44,46,48-49,52,83-85,90H,5-9,12-13,16-20,24,28-32,36,40,42-43,45,47,50-51,53-82H2,1-4H3,(H,95,96)(H,97,98)/b14-10-,15-11-,25-21-,26-22-,27-23-,37-33-,38-34-,39-35-,44-41-,49-46-,52-48-. The summed E-state index contributed by atoms with van der Waals surface area (Å²) in [5, 5.41) is 10.7. The predicted molar refractivity (Wildman–Crippen MR) is 445 cm³/mol. The highest BCUT2D eigenvalue weighted by atomic mass is 31.2. The average Bonchev–Trinajstić information content (AvgIpc) is 0.901. The van der Waals surface area contributed by atoms with Crippen LogP contribution in [-0.4, -0.2) is 96.7 Å². The fraction of sp³-hybridized carbons (Fsp3) is 0.708. The Labute approximate surface area is 656 Å². The number of hydrogen-bond donors (Lipinski definition) is 3. The van der Waals surface area contributed by atoms with E-state index in [0.29, 0.717) is 25.7 Å². The monoisotopic (exact) mass is 1560 g/mol. The van der Waals surface area contributed by atoms with E-state index < -0.39 is 97.5 Å². The highest BCUT2D eigenvalue weighted by molar-refractivity contribution is 7.47. The number of carbonyl (C=O) groups excluding carboxylic acids is 4. The SMILES string of the molecule is CC/C=C\C/C=C\C/C=C\C/C=C\CCCCCCC(=O)OCC(COP(=O)(O)OCC(O)COP(=O)(O)OCC(COC(=O)CCCCCCCC/C=C\C/C=C\C/C=C\CCCCC)OC(=O)CCCCCCCCCCCCCCCCC)OC(=O)CCCCCC/C=C\C/C=C\C/C=C\C/C=C\CC. The second-order valence-electron chi connectivity index (χ2n) is 28.0. The molecule has 0 heterocycles. The van der Waals surface area contributed by atoms with Crippen LogP contribution in [0.15, 0.2) is 134 Å². The third-order valence-corrected chi connectivity index (χ3v) is 19.5. The third kappa shape index (κ3) is 79.3. The lowest BCUT2D eigenvalue weighted by atomic mass is 10.0. The smallest absolute Gasteiger partial charge is 0.462 e. The van der Waals surface area contributed by atoms with Crippen molar-refractivity contribution in [2.24, 2.45) is 0 Å². The molecule has 0 aromatic rings. The van der Waals surface area contributed by atoms with Crippen molar-refractivity contribution in [3.8, 4) is 0 Å². The highest BCUT2D eigenvalue weighted by Crippen LogP contribution is 2.45. The van der Waals surface area contributed by atoms with Crippen molar-refractivity contribution < 1.29 is 80.2 Å². The summed E-state index contributed by atoms with van der Waals surface area (Å²) in [4.78, 5) is 73.2. The molecule has 0 aromatic carbocycles. The van der Waals surface area contributed by atoms with Crippen molar-refractivity contribution in [1.29, 1.82) is 0 Å². The first-order chi connectivity index (χ1) is 52.7. The van der Waals surface area contributed by atoms with Crippen molar-refractivity contribution in [1.82, 2.24) is 0 Å². The number of unbranched alkanes of at least 4 members (excludes halogenated alkanes) is 31. The van der Waals surface area contributed by atoms with Crippen LogP contribution in [0.25, 0.3) is 0 Å². The molecule has 0 fully saturated rings. The summed E-state index contributed by atoms with van der Waals surface area (Å²) in [6.07, 6.45) is 91.2. The molecule has 0 aliphatic rings. The van der Waals surface area contributed by atoms with Gasteiger partial charge in [0.05, 0.1) is 26.4 Å². The van der Waals surface area contributed by atoms with Crippen LogP contribution in [0.5, 0.6) is 0 Å². The topological polar surface area (TPSA) is 237 Å². The quantitative estimate of drug-likeness (QED) is 0.0169. The fourth-order valence-corrected chi connectivity index (χ4v) is 12.8. The Kier molecular flexibility index (Phi) is 76.7. The Morgan fingerprint density at radius 1 is 0.269 bits per heavy atom. The van der Waals surface area contributed by atoms with Crippen LogP contribution in [0.1, 0.15) is 349 Å². The molecule has 0 bridgehead atoms. The number of phosphoric ester groups is 2. The first kappa shape index (κ1) is 103. The lowest BCUT2D eigenvalue weighted by molar-refractivity contribution is -0.161. The van der Waals surface area contributed by atoms with Gasteiger partial charge in [-0.2, -0.15) is 0 Å². The van der Waals surface area contributed by atoms with Crippen LogP contribution in [0.3, 0.4) is 0 Å². The summed E-state index contributed by atoms with van der Waals surface area (Å²) in [6.45, 7) is 4.60. The van der Waals surface area contributed by atoms with Crippen molar-refractivity contribution in [2.45, 2.75) is 367 Å². The van der Waals surface area contributed by atoms with Crippen LogP contribution in [-0.2, 0) is 65.4 Å². The first-order valence-electron chi connectivity index (χ1n) is 42.4. The van der Waals surface area contributed by atoms with Crippen molar-refractivity contribution in [2.75, 3.05) is 39.6 Å². The molecular formula is C89H152O17P2. The molecule has 0 aliphatic carbocycles. The number of carbonyl (C=O) groups is 4. The maximum absolute atomic E-state index is 13.1. The zero-order valence-electron chi connectivity index (χ0n) is 68.0. The Bertz CT molecular complexity index is 2560. The first-order valence-corrected chi connectivity index (χ1v) is 45.4. The molecule has 5 unspecified atom stereocenters. The van der Waals surface area contributed by atoms with Gasteiger partial charge in [0.25, 0.3) is 0 Å². The zero-order valence-corrected chi connectivity index (χ0v) is 69.8. The zero-order chi connectivity index (χ0) is 78.9. The van der Waals surface area contributed by atoms with Gasteiger partial charge in [0.1, 0.15) is 19.3 Å². The van der Waals surface area contributed by atoms with Gasteiger partial charge in [-0.15, -0.1) is 0 Å².